The van der Waals surface area contributed by atoms with Gasteiger partial charge in [-0.3, -0.25) is 0 Å². The topological polar surface area (TPSA) is 66.4 Å². The maximum atomic E-state index is 10.0. The zero-order valence-electron chi connectivity index (χ0n) is 14.8. The Morgan fingerprint density at radius 3 is 2.58 bits per heavy atom. The van der Waals surface area contributed by atoms with Crippen molar-refractivity contribution < 1.29 is 9.84 Å². The van der Waals surface area contributed by atoms with Crippen molar-refractivity contribution in [2.45, 2.75) is 6.10 Å². The number of benzene rings is 2. The van der Waals surface area contributed by atoms with Crippen LogP contribution in [0.2, 0.25) is 5.02 Å². The summed E-state index contributed by atoms with van der Waals surface area (Å²) in [5, 5.41) is 18.0. The molecular weight excluding hydrogens is 350 g/mol. The van der Waals surface area contributed by atoms with Crippen molar-refractivity contribution in [1.29, 1.82) is 0 Å². The number of hydrogen-bond acceptors (Lipinski definition) is 5. The van der Waals surface area contributed by atoms with E-state index in [0.29, 0.717) is 18.1 Å². The zero-order valence-corrected chi connectivity index (χ0v) is 15.5. The number of nitrogens with one attached hydrogen (secondary N) is 2. The second kappa shape index (κ2) is 8.36. The molecule has 0 radical (unpaired) electrons. The smallest absolute Gasteiger partial charge is 0.121 e. The second-order valence-electron chi connectivity index (χ2n) is 6.04. The van der Waals surface area contributed by atoms with Gasteiger partial charge in [-0.15, -0.1) is 0 Å². The summed E-state index contributed by atoms with van der Waals surface area (Å²) >= 11 is 6.00. The van der Waals surface area contributed by atoms with Crippen molar-refractivity contribution in [3.63, 3.8) is 0 Å². The van der Waals surface area contributed by atoms with E-state index in [9.17, 15) is 5.11 Å². The fraction of sp³-hybridized carbons (Fsp3) is 0.250. The van der Waals surface area contributed by atoms with Crippen molar-refractivity contribution in [3.8, 4) is 17.0 Å². The van der Waals surface area contributed by atoms with Crippen LogP contribution in [0.5, 0.6) is 5.75 Å². The van der Waals surface area contributed by atoms with E-state index < -0.39 is 6.10 Å². The number of anilines is 1. The fourth-order valence-electron chi connectivity index (χ4n) is 2.79. The Kier molecular flexibility index (Phi) is 5.93. The Hall–Kier alpha value is -2.34. The highest BCUT2D eigenvalue weighted by atomic mass is 35.5. The van der Waals surface area contributed by atoms with Crippen LogP contribution in [0.15, 0.2) is 48.5 Å². The van der Waals surface area contributed by atoms with Crippen LogP contribution in [0, 0.1) is 0 Å². The van der Waals surface area contributed by atoms with Gasteiger partial charge in [-0.2, -0.15) is 0 Å². The number of ether oxygens (including phenoxy) is 1. The molecule has 3 N–H and O–H groups in total. The number of hydrogen-bond donors (Lipinski definition) is 3. The molecule has 0 saturated carbocycles. The third-order valence-corrected chi connectivity index (χ3v) is 4.38. The second-order valence-corrected chi connectivity index (χ2v) is 6.47. The minimum atomic E-state index is -0.486. The number of nitrogens with zero attached hydrogens (tertiary/aromatic N) is 1. The SMILES string of the molecule is CNC[C@H](O)CNc1cc(-c2ccc(Cl)cc2)nc2cc(OC)ccc12. The summed E-state index contributed by atoms with van der Waals surface area (Å²) in [6, 6.07) is 15.3. The van der Waals surface area contributed by atoms with Gasteiger partial charge >= 0.3 is 0 Å². The molecule has 1 aromatic heterocycles. The average Bonchev–Trinajstić information content (AvgIpc) is 2.66. The Morgan fingerprint density at radius 1 is 1.12 bits per heavy atom. The van der Waals surface area contributed by atoms with E-state index in [-0.39, 0.29) is 0 Å². The van der Waals surface area contributed by atoms with E-state index in [0.717, 1.165) is 33.6 Å². The normalized spacial score (nSPS) is 12.2. The first-order valence-electron chi connectivity index (χ1n) is 8.42. The van der Waals surface area contributed by atoms with Crippen LogP contribution in [0.1, 0.15) is 0 Å². The lowest BCUT2D eigenvalue weighted by Crippen LogP contribution is -2.30. The molecule has 0 saturated heterocycles. The molecular formula is C20H22ClN3O2. The van der Waals surface area contributed by atoms with Crippen molar-refractivity contribution in [2.75, 3.05) is 32.6 Å². The molecule has 0 aliphatic rings. The molecule has 0 unspecified atom stereocenters. The Morgan fingerprint density at radius 2 is 1.88 bits per heavy atom. The number of fused-ring (bicyclic) bond motifs is 1. The minimum absolute atomic E-state index is 0.437. The third-order valence-electron chi connectivity index (χ3n) is 4.12. The van der Waals surface area contributed by atoms with Gasteiger partial charge < -0.3 is 20.5 Å². The molecule has 2 aromatic carbocycles. The number of aliphatic hydroxyl groups excluding tert-OH is 1. The van der Waals surface area contributed by atoms with Gasteiger partial charge in [0.05, 0.1) is 24.4 Å². The van der Waals surface area contributed by atoms with Gasteiger partial charge in [0.15, 0.2) is 0 Å². The third kappa shape index (κ3) is 4.25. The predicted molar refractivity (Wildman–Crippen MR) is 107 cm³/mol. The highest BCUT2D eigenvalue weighted by Gasteiger charge is 2.10. The standard InChI is InChI=1S/C20H22ClN3O2/c1-22-11-15(25)12-23-19-10-18(13-3-5-14(21)6-4-13)24-20-9-16(26-2)7-8-17(19)20/h3-10,15,22,25H,11-12H2,1-2H3,(H,23,24)/t15-/m0/s1. The summed E-state index contributed by atoms with van der Waals surface area (Å²) in [6.07, 6.45) is -0.486. The summed E-state index contributed by atoms with van der Waals surface area (Å²) in [4.78, 5) is 4.77. The Bertz CT molecular complexity index is 884. The Labute approximate surface area is 158 Å². The largest absolute Gasteiger partial charge is 0.497 e. The molecule has 0 amide bonds. The van der Waals surface area contributed by atoms with E-state index in [1.54, 1.807) is 7.11 Å². The molecule has 0 aliphatic carbocycles. The van der Waals surface area contributed by atoms with Gasteiger partial charge in [-0.25, -0.2) is 4.98 Å². The maximum absolute atomic E-state index is 10.0. The number of likely N-dealkylation sites (N-methyl/N-ethyl adjacent to an activating group) is 1. The van der Waals surface area contributed by atoms with Crippen molar-refractivity contribution >= 4 is 28.2 Å². The van der Waals surface area contributed by atoms with Gasteiger partial charge in [0, 0.05) is 40.8 Å². The molecule has 1 heterocycles. The van der Waals surface area contributed by atoms with Crippen molar-refractivity contribution in [3.05, 3.63) is 53.6 Å². The van der Waals surface area contributed by atoms with Crippen LogP contribution in [0.3, 0.4) is 0 Å². The lowest BCUT2D eigenvalue weighted by Gasteiger charge is -2.16. The quantitative estimate of drug-likeness (QED) is 0.592. The lowest BCUT2D eigenvalue weighted by molar-refractivity contribution is 0.187. The van der Waals surface area contributed by atoms with Crippen LogP contribution in [-0.2, 0) is 0 Å². The molecule has 0 fully saturated rings. The molecule has 0 aliphatic heterocycles. The summed E-state index contributed by atoms with van der Waals surface area (Å²) in [5.74, 6) is 0.749. The number of aliphatic hydroxyl groups is 1. The molecule has 26 heavy (non-hydrogen) atoms. The van der Waals surface area contributed by atoms with Crippen LogP contribution in [-0.4, -0.2) is 43.4 Å². The molecule has 3 rings (SSSR count). The van der Waals surface area contributed by atoms with Gasteiger partial charge in [0.1, 0.15) is 5.75 Å². The maximum Gasteiger partial charge on any atom is 0.121 e. The number of aromatic nitrogens is 1. The van der Waals surface area contributed by atoms with Crippen molar-refractivity contribution in [1.82, 2.24) is 10.3 Å². The molecule has 0 spiro atoms. The summed E-state index contributed by atoms with van der Waals surface area (Å²) in [6.45, 7) is 0.958. The zero-order chi connectivity index (χ0) is 18.5. The van der Waals surface area contributed by atoms with Gasteiger partial charge in [0.2, 0.25) is 0 Å². The van der Waals surface area contributed by atoms with Crippen LogP contribution >= 0.6 is 11.6 Å². The number of methoxy groups -OCH3 is 1. The van der Waals surface area contributed by atoms with Gasteiger partial charge in [-0.1, -0.05) is 23.7 Å². The fourth-order valence-corrected chi connectivity index (χ4v) is 2.91. The number of rotatable bonds is 7. The van der Waals surface area contributed by atoms with Crippen molar-refractivity contribution in [2.24, 2.45) is 0 Å². The van der Waals surface area contributed by atoms with E-state index in [1.807, 2.05) is 55.6 Å². The molecule has 1 atom stereocenters. The van der Waals surface area contributed by atoms with Crippen LogP contribution < -0.4 is 15.4 Å². The summed E-state index contributed by atoms with van der Waals surface area (Å²) in [5.41, 5.74) is 3.53. The first-order chi connectivity index (χ1) is 12.6. The highest BCUT2D eigenvalue weighted by molar-refractivity contribution is 6.30. The molecule has 3 aromatic rings. The lowest BCUT2D eigenvalue weighted by atomic mass is 10.1. The van der Waals surface area contributed by atoms with Crippen LogP contribution in [0.4, 0.5) is 5.69 Å². The van der Waals surface area contributed by atoms with Gasteiger partial charge in [-0.05, 0) is 37.4 Å². The number of halogens is 1. The molecule has 136 valence electrons. The first-order valence-corrected chi connectivity index (χ1v) is 8.80. The van der Waals surface area contributed by atoms with E-state index in [1.165, 1.54) is 0 Å². The average molecular weight is 372 g/mol. The molecule has 0 bridgehead atoms. The monoisotopic (exact) mass is 371 g/mol. The highest BCUT2D eigenvalue weighted by Crippen LogP contribution is 2.31. The van der Waals surface area contributed by atoms with Gasteiger partial charge in [0.25, 0.3) is 0 Å². The van der Waals surface area contributed by atoms with Crippen LogP contribution in [0.25, 0.3) is 22.2 Å². The number of pyridine rings is 1. The van der Waals surface area contributed by atoms with E-state index in [2.05, 4.69) is 10.6 Å². The van der Waals surface area contributed by atoms with E-state index in [4.69, 9.17) is 21.3 Å². The molecule has 5 nitrogen and oxygen atoms in total. The first kappa shape index (κ1) is 18.5. The molecule has 6 heteroatoms. The predicted octanol–water partition coefficient (Wildman–Crippen LogP) is 3.56. The van der Waals surface area contributed by atoms with E-state index >= 15 is 0 Å². The summed E-state index contributed by atoms with van der Waals surface area (Å²) in [7, 11) is 3.45. The Balaban J connectivity index is 2.03. The minimum Gasteiger partial charge on any atom is -0.497 e. The summed E-state index contributed by atoms with van der Waals surface area (Å²) < 4.78 is 5.33.